The Bertz CT molecular complexity index is 911. The molecule has 0 radical (unpaired) electrons. The fourth-order valence-electron chi connectivity index (χ4n) is 3.11. The lowest BCUT2D eigenvalue weighted by Crippen LogP contribution is -2.48. The summed E-state index contributed by atoms with van der Waals surface area (Å²) in [6, 6.07) is 13.1. The Morgan fingerprint density at radius 2 is 1.63 bits per heavy atom. The molecule has 0 unspecified atom stereocenters. The number of carbonyl (C=O) groups is 2. The molecule has 1 atom stereocenters. The first-order valence-corrected chi connectivity index (χ1v) is 10.0. The highest BCUT2D eigenvalue weighted by molar-refractivity contribution is 5.88. The molecular formula is C23H29N3O4. The number of nitrogens with zero attached hydrogens (tertiary/aromatic N) is 2. The molecule has 2 amide bonds. The van der Waals surface area contributed by atoms with Crippen molar-refractivity contribution < 1.29 is 14.5 Å². The van der Waals surface area contributed by atoms with Crippen LogP contribution in [0.4, 0.5) is 5.69 Å². The SMILES string of the molecule is Cc1ccccc1CN(C(=O)Cc1ccccc1[N+](=O)[O-])[C@H](C)C(=O)NCC(C)C. The van der Waals surface area contributed by atoms with Crippen LogP contribution in [0.1, 0.15) is 37.5 Å². The molecule has 0 aliphatic carbocycles. The number of nitro groups is 1. The Morgan fingerprint density at radius 1 is 1.03 bits per heavy atom. The molecule has 30 heavy (non-hydrogen) atoms. The van der Waals surface area contributed by atoms with E-state index < -0.39 is 11.0 Å². The van der Waals surface area contributed by atoms with Crippen molar-refractivity contribution in [2.24, 2.45) is 5.92 Å². The molecule has 0 saturated heterocycles. The Balaban J connectivity index is 2.30. The molecule has 160 valence electrons. The van der Waals surface area contributed by atoms with E-state index in [2.05, 4.69) is 5.32 Å². The van der Waals surface area contributed by atoms with Crippen molar-refractivity contribution in [3.8, 4) is 0 Å². The summed E-state index contributed by atoms with van der Waals surface area (Å²) in [7, 11) is 0. The maximum absolute atomic E-state index is 13.2. The molecule has 0 spiro atoms. The third-order valence-corrected chi connectivity index (χ3v) is 4.98. The first-order chi connectivity index (χ1) is 14.2. The molecule has 0 aliphatic rings. The standard InChI is InChI=1S/C23H29N3O4/c1-16(2)14-24-23(28)18(4)25(15-20-11-6-5-9-17(20)3)22(27)13-19-10-7-8-12-21(19)26(29)30/h5-12,16,18H,13-15H2,1-4H3,(H,24,28)/t18-/m1/s1. The summed E-state index contributed by atoms with van der Waals surface area (Å²) in [5.41, 5.74) is 2.17. The number of amides is 2. The summed E-state index contributed by atoms with van der Waals surface area (Å²) in [4.78, 5) is 38.2. The number of hydrogen-bond acceptors (Lipinski definition) is 4. The third kappa shape index (κ3) is 6.14. The quantitative estimate of drug-likeness (QED) is 0.504. The van der Waals surface area contributed by atoms with E-state index in [-0.39, 0.29) is 36.4 Å². The van der Waals surface area contributed by atoms with Gasteiger partial charge in [-0.3, -0.25) is 19.7 Å². The first-order valence-electron chi connectivity index (χ1n) is 10.0. The van der Waals surface area contributed by atoms with Crippen molar-refractivity contribution in [2.75, 3.05) is 6.54 Å². The van der Waals surface area contributed by atoms with Crippen LogP contribution in [0, 0.1) is 23.0 Å². The Morgan fingerprint density at radius 3 is 2.23 bits per heavy atom. The van der Waals surface area contributed by atoms with Gasteiger partial charge in [0.2, 0.25) is 11.8 Å². The number of carbonyl (C=O) groups excluding carboxylic acids is 2. The van der Waals surface area contributed by atoms with Crippen LogP contribution < -0.4 is 5.32 Å². The van der Waals surface area contributed by atoms with Gasteiger partial charge in [-0.25, -0.2) is 0 Å². The molecule has 7 nitrogen and oxygen atoms in total. The van der Waals surface area contributed by atoms with Gasteiger partial charge < -0.3 is 10.2 Å². The fraction of sp³-hybridized carbons (Fsp3) is 0.391. The van der Waals surface area contributed by atoms with Crippen LogP contribution in [0.15, 0.2) is 48.5 Å². The maximum Gasteiger partial charge on any atom is 0.273 e. The molecule has 0 aliphatic heterocycles. The number of hydrogen-bond donors (Lipinski definition) is 1. The third-order valence-electron chi connectivity index (χ3n) is 4.98. The van der Waals surface area contributed by atoms with Crippen LogP contribution in [0.3, 0.4) is 0 Å². The minimum Gasteiger partial charge on any atom is -0.354 e. The zero-order valence-electron chi connectivity index (χ0n) is 17.9. The van der Waals surface area contributed by atoms with Gasteiger partial charge in [-0.2, -0.15) is 0 Å². The lowest BCUT2D eigenvalue weighted by atomic mass is 10.0. The number of benzene rings is 2. The molecule has 2 aromatic carbocycles. The smallest absolute Gasteiger partial charge is 0.273 e. The van der Waals surface area contributed by atoms with E-state index >= 15 is 0 Å². The van der Waals surface area contributed by atoms with Gasteiger partial charge in [-0.05, 0) is 30.9 Å². The summed E-state index contributed by atoms with van der Waals surface area (Å²) < 4.78 is 0. The number of rotatable bonds is 9. The lowest BCUT2D eigenvalue weighted by Gasteiger charge is -2.29. The molecule has 0 fully saturated rings. The predicted molar refractivity (Wildman–Crippen MR) is 116 cm³/mol. The van der Waals surface area contributed by atoms with Gasteiger partial charge >= 0.3 is 0 Å². The van der Waals surface area contributed by atoms with E-state index in [1.54, 1.807) is 25.1 Å². The van der Waals surface area contributed by atoms with E-state index in [4.69, 9.17) is 0 Å². The largest absolute Gasteiger partial charge is 0.354 e. The van der Waals surface area contributed by atoms with Crippen molar-refractivity contribution >= 4 is 17.5 Å². The van der Waals surface area contributed by atoms with Crippen LogP contribution in [-0.4, -0.2) is 34.2 Å². The normalized spacial score (nSPS) is 11.8. The van der Waals surface area contributed by atoms with Crippen molar-refractivity contribution in [2.45, 2.75) is 46.7 Å². The minimum atomic E-state index is -0.710. The van der Waals surface area contributed by atoms with Crippen molar-refractivity contribution in [3.63, 3.8) is 0 Å². The average Bonchev–Trinajstić information content (AvgIpc) is 2.71. The van der Waals surface area contributed by atoms with Crippen molar-refractivity contribution in [3.05, 3.63) is 75.3 Å². The van der Waals surface area contributed by atoms with E-state index in [1.165, 1.54) is 11.0 Å². The van der Waals surface area contributed by atoms with Crippen LogP contribution in [0.5, 0.6) is 0 Å². The van der Waals surface area contributed by atoms with Gasteiger partial charge in [0.1, 0.15) is 6.04 Å². The van der Waals surface area contributed by atoms with Crippen LogP contribution in [0.25, 0.3) is 0 Å². The van der Waals surface area contributed by atoms with E-state index in [1.807, 2.05) is 45.0 Å². The summed E-state index contributed by atoms with van der Waals surface area (Å²) >= 11 is 0. The molecule has 0 saturated carbocycles. The Labute approximate surface area is 177 Å². The summed E-state index contributed by atoms with van der Waals surface area (Å²) in [6.45, 7) is 8.39. The fourth-order valence-corrected chi connectivity index (χ4v) is 3.11. The first kappa shape index (κ1) is 23.1. The average molecular weight is 412 g/mol. The molecule has 0 bridgehead atoms. The zero-order chi connectivity index (χ0) is 22.3. The maximum atomic E-state index is 13.2. The number of aryl methyl sites for hydroxylation is 1. The second kappa shape index (κ2) is 10.5. The predicted octanol–water partition coefficient (Wildman–Crippen LogP) is 3.64. The van der Waals surface area contributed by atoms with E-state index in [0.29, 0.717) is 12.1 Å². The van der Waals surface area contributed by atoms with Gasteiger partial charge in [0.25, 0.3) is 5.69 Å². The zero-order valence-corrected chi connectivity index (χ0v) is 17.9. The molecule has 0 aromatic heterocycles. The van der Waals surface area contributed by atoms with Gasteiger partial charge in [-0.15, -0.1) is 0 Å². The summed E-state index contributed by atoms with van der Waals surface area (Å²) in [5, 5.41) is 14.2. The Kier molecular flexibility index (Phi) is 8.09. The lowest BCUT2D eigenvalue weighted by molar-refractivity contribution is -0.385. The Hall–Kier alpha value is -3.22. The van der Waals surface area contributed by atoms with E-state index in [9.17, 15) is 19.7 Å². The summed E-state index contributed by atoms with van der Waals surface area (Å²) in [6.07, 6.45) is -0.148. The number of nitro benzene ring substituents is 1. The second-order valence-corrected chi connectivity index (χ2v) is 7.83. The topological polar surface area (TPSA) is 92.6 Å². The van der Waals surface area contributed by atoms with E-state index in [0.717, 1.165) is 11.1 Å². The highest BCUT2D eigenvalue weighted by Crippen LogP contribution is 2.21. The number of nitrogens with one attached hydrogen (secondary N) is 1. The van der Waals surface area contributed by atoms with Crippen LogP contribution in [0.2, 0.25) is 0 Å². The van der Waals surface area contributed by atoms with Gasteiger partial charge in [0.15, 0.2) is 0 Å². The number of para-hydroxylation sites is 1. The monoisotopic (exact) mass is 411 g/mol. The molecule has 2 aromatic rings. The molecule has 1 N–H and O–H groups in total. The highest BCUT2D eigenvalue weighted by atomic mass is 16.6. The van der Waals surface area contributed by atoms with Gasteiger partial charge in [-0.1, -0.05) is 56.3 Å². The van der Waals surface area contributed by atoms with Crippen molar-refractivity contribution in [1.82, 2.24) is 10.2 Å². The second-order valence-electron chi connectivity index (χ2n) is 7.83. The molecule has 2 rings (SSSR count). The van der Waals surface area contributed by atoms with Gasteiger partial charge in [0.05, 0.1) is 11.3 Å². The minimum absolute atomic E-state index is 0.0985. The van der Waals surface area contributed by atoms with Crippen LogP contribution in [-0.2, 0) is 22.6 Å². The van der Waals surface area contributed by atoms with Crippen molar-refractivity contribution in [1.29, 1.82) is 0 Å². The molecule has 7 heteroatoms. The highest BCUT2D eigenvalue weighted by Gasteiger charge is 2.28. The van der Waals surface area contributed by atoms with Crippen LogP contribution >= 0.6 is 0 Å². The molecular weight excluding hydrogens is 382 g/mol. The summed E-state index contributed by atoms with van der Waals surface area (Å²) in [5.74, 6) is -0.290. The van der Waals surface area contributed by atoms with Gasteiger partial charge in [0, 0.05) is 24.7 Å². The molecule has 0 heterocycles.